The van der Waals surface area contributed by atoms with Crippen LogP contribution in [0, 0.1) is 0 Å². The highest BCUT2D eigenvalue weighted by Gasteiger charge is 2.36. The van der Waals surface area contributed by atoms with Gasteiger partial charge in [-0.3, -0.25) is 4.79 Å². The van der Waals surface area contributed by atoms with Gasteiger partial charge in [0.25, 0.3) is 0 Å². The van der Waals surface area contributed by atoms with Gasteiger partial charge in [-0.05, 0) is 25.0 Å². The summed E-state index contributed by atoms with van der Waals surface area (Å²) >= 11 is 1.02. The van der Waals surface area contributed by atoms with E-state index in [2.05, 4.69) is 15.5 Å². The lowest BCUT2D eigenvalue weighted by atomic mass is 10.0. The normalized spacial score (nSPS) is 11.7. The van der Waals surface area contributed by atoms with E-state index in [0.717, 1.165) is 22.5 Å². The van der Waals surface area contributed by atoms with Gasteiger partial charge in [0.15, 0.2) is 11.2 Å². The van der Waals surface area contributed by atoms with Gasteiger partial charge in [-0.15, -0.1) is 11.3 Å². The number of amides is 1. The maximum Gasteiger partial charge on any atom is 0.360 e. The number of aliphatic carboxylic acids is 1. The Bertz CT molecular complexity index is 1110. The van der Waals surface area contributed by atoms with Crippen molar-refractivity contribution in [3.8, 4) is 0 Å². The van der Waals surface area contributed by atoms with Crippen LogP contribution in [0.4, 0.5) is 5.13 Å². The predicted octanol–water partition coefficient (Wildman–Crippen LogP) is 3.63. The second-order valence-electron chi connectivity index (χ2n) is 7.25. The molecule has 3 aromatic rings. The number of ether oxygens (including phenoxy) is 1. The molecule has 0 radical (unpaired) electrons. The molecule has 0 saturated carbocycles. The summed E-state index contributed by atoms with van der Waals surface area (Å²) in [4.78, 5) is 44.5. The third kappa shape index (κ3) is 6.01. The maximum absolute atomic E-state index is 13.0. The van der Waals surface area contributed by atoms with E-state index in [4.69, 9.17) is 9.57 Å². The van der Waals surface area contributed by atoms with Crippen LogP contribution in [0.25, 0.3) is 0 Å². The smallest absolute Gasteiger partial charge is 0.360 e. The predicted molar refractivity (Wildman–Crippen MR) is 122 cm³/mol. The minimum absolute atomic E-state index is 0.0209. The van der Waals surface area contributed by atoms with Crippen LogP contribution in [-0.4, -0.2) is 39.8 Å². The van der Waals surface area contributed by atoms with Gasteiger partial charge in [0.2, 0.25) is 17.7 Å². The van der Waals surface area contributed by atoms with Crippen LogP contribution in [0.15, 0.2) is 71.2 Å². The SMILES string of the molecule is CC(C)(O/N=C(\C(=O)O)c1csc(NC=O)n1)C(=O)OC(c1ccccc1)c1ccccc1. The van der Waals surface area contributed by atoms with Crippen molar-refractivity contribution >= 4 is 40.5 Å². The molecule has 2 N–H and O–H groups in total. The van der Waals surface area contributed by atoms with Crippen molar-refractivity contribution in [1.82, 2.24) is 4.98 Å². The monoisotopic (exact) mass is 467 g/mol. The molecule has 170 valence electrons. The molecule has 0 aliphatic rings. The number of carbonyl (C=O) groups is 3. The van der Waals surface area contributed by atoms with Crippen molar-refractivity contribution < 1.29 is 29.1 Å². The lowest BCUT2D eigenvalue weighted by Gasteiger charge is -2.25. The molecule has 0 atom stereocenters. The van der Waals surface area contributed by atoms with Crippen molar-refractivity contribution in [3.05, 3.63) is 82.9 Å². The van der Waals surface area contributed by atoms with Crippen LogP contribution in [-0.2, 0) is 24.0 Å². The first kappa shape index (κ1) is 23.6. The summed E-state index contributed by atoms with van der Waals surface area (Å²) in [6, 6.07) is 18.4. The average molecular weight is 468 g/mol. The molecular formula is C23H21N3O6S. The van der Waals surface area contributed by atoms with Gasteiger partial charge in [-0.2, -0.15) is 0 Å². The number of oxime groups is 1. The third-order valence-corrected chi connectivity index (χ3v) is 5.19. The lowest BCUT2D eigenvalue weighted by molar-refractivity contribution is -0.172. The van der Waals surface area contributed by atoms with Crippen molar-refractivity contribution in [1.29, 1.82) is 0 Å². The number of esters is 1. The summed E-state index contributed by atoms with van der Waals surface area (Å²) in [6.07, 6.45) is -0.271. The van der Waals surface area contributed by atoms with Crippen LogP contribution < -0.4 is 5.32 Å². The van der Waals surface area contributed by atoms with E-state index in [1.807, 2.05) is 60.7 Å². The highest BCUT2D eigenvalue weighted by molar-refractivity contribution is 7.14. The zero-order valence-electron chi connectivity index (χ0n) is 17.8. The molecule has 0 fully saturated rings. The summed E-state index contributed by atoms with van der Waals surface area (Å²) in [7, 11) is 0. The summed E-state index contributed by atoms with van der Waals surface area (Å²) in [5.74, 6) is -2.15. The van der Waals surface area contributed by atoms with Crippen LogP contribution >= 0.6 is 11.3 Å². The molecule has 33 heavy (non-hydrogen) atoms. The number of nitrogens with zero attached hydrogens (tertiary/aromatic N) is 2. The maximum atomic E-state index is 13.0. The van der Waals surface area contributed by atoms with Crippen LogP contribution in [0.5, 0.6) is 0 Å². The Morgan fingerprint density at radius 1 is 1.09 bits per heavy atom. The number of anilines is 1. The third-order valence-electron chi connectivity index (χ3n) is 4.42. The molecule has 1 aromatic heterocycles. The highest BCUT2D eigenvalue weighted by atomic mass is 32.1. The molecule has 3 rings (SSSR count). The Labute approximate surface area is 193 Å². The molecule has 10 heteroatoms. The molecule has 1 amide bonds. The Balaban J connectivity index is 1.82. The first-order valence-corrected chi connectivity index (χ1v) is 10.7. The van der Waals surface area contributed by atoms with Gasteiger partial charge in [0.05, 0.1) is 0 Å². The number of carboxylic acid groups (broad SMARTS) is 1. The lowest BCUT2D eigenvalue weighted by Crippen LogP contribution is -2.37. The Morgan fingerprint density at radius 2 is 1.67 bits per heavy atom. The van der Waals surface area contributed by atoms with E-state index in [9.17, 15) is 19.5 Å². The summed E-state index contributed by atoms with van der Waals surface area (Å²) in [5, 5.41) is 17.1. The molecule has 0 bridgehead atoms. The second kappa shape index (κ2) is 10.5. The zero-order valence-corrected chi connectivity index (χ0v) is 18.6. The van der Waals surface area contributed by atoms with Crippen LogP contribution in [0.2, 0.25) is 0 Å². The fourth-order valence-corrected chi connectivity index (χ4v) is 3.38. The number of rotatable bonds is 10. The fourth-order valence-electron chi connectivity index (χ4n) is 2.72. The Hall–Kier alpha value is -4.05. The largest absolute Gasteiger partial charge is 0.476 e. The van der Waals surface area contributed by atoms with Crippen molar-refractivity contribution in [2.75, 3.05) is 5.32 Å². The molecule has 9 nitrogen and oxygen atoms in total. The van der Waals surface area contributed by atoms with Crippen LogP contribution in [0.1, 0.15) is 36.8 Å². The summed E-state index contributed by atoms with van der Waals surface area (Å²) in [5.41, 5.74) is -0.621. The average Bonchev–Trinajstić information content (AvgIpc) is 3.26. The minimum atomic E-state index is -1.61. The van der Waals surface area contributed by atoms with E-state index in [1.165, 1.54) is 19.2 Å². The first-order valence-electron chi connectivity index (χ1n) is 9.78. The number of benzene rings is 2. The topological polar surface area (TPSA) is 127 Å². The van der Waals surface area contributed by atoms with Crippen molar-refractivity contribution in [2.24, 2.45) is 5.16 Å². The summed E-state index contributed by atoms with van der Waals surface area (Å²) in [6.45, 7) is 2.84. The molecular weight excluding hydrogens is 446 g/mol. The van der Waals surface area contributed by atoms with Crippen molar-refractivity contribution in [2.45, 2.75) is 25.6 Å². The number of carbonyl (C=O) groups excluding carboxylic acids is 2. The van der Waals surface area contributed by atoms with Gasteiger partial charge in [-0.1, -0.05) is 65.8 Å². The number of thiazole rings is 1. The van der Waals surface area contributed by atoms with E-state index >= 15 is 0 Å². The zero-order chi connectivity index (χ0) is 23.8. The van der Waals surface area contributed by atoms with E-state index in [-0.39, 0.29) is 10.8 Å². The van der Waals surface area contributed by atoms with Gasteiger partial charge >= 0.3 is 11.9 Å². The second-order valence-corrected chi connectivity index (χ2v) is 8.11. The number of nitrogens with one attached hydrogen (secondary N) is 1. The standard InChI is InChI=1S/C23H21N3O6S/c1-23(2,32-26-18(20(28)29)17-13-33-22(25-17)24-14-27)21(30)31-19(15-9-5-3-6-10-15)16-11-7-4-8-12-16/h3-14,19H,1-2H3,(H,28,29)(H,24,25,27)/b26-18-. The van der Waals surface area contributed by atoms with E-state index in [1.54, 1.807) is 0 Å². The molecule has 0 unspecified atom stereocenters. The van der Waals surface area contributed by atoms with E-state index < -0.39 is 29.4 Å². The number of aromatic nitrogens is 1. The Kier molecular flexibility index (Phi) is 7.52. The molecule has 1 heterocycles. The van der Waals surface area contributed by atoms with Gasteiger partial charge in [0.1, 0.15) is 5.69 Å². The van der Waals surface area contributed by atoms with Gasteiger partial charge in [-0.25, -0.2) is 14.6 Å². The van der Waals surface area contributed by atoms with Gasteiger partial charge < -0.3 is 20.0 Å². The van der Waals surface area contributed by atoms with Crippen LogP contribution in [0.3, 0.4) is 0 Å². The molecule has 0 spiro atoms. The molecule has 0 aliphatic carbocycles. The molecule has 0 saturated heterocycles. The summed E-state index contributed by atoms with van der Waals surface area (Å²) < 4.78 is 5.78. The fraction of sp³-hybridized carbons (Fsp3) is 0.174. The quantitative estimate of drug-likeness (QED) is 0.202. The van der Waals surface area contributed by atoms with E-state index in [0.29, 0.717) is 6.41 Å². The molecule has 0 aliphatic heterocycles. The van der Waals surface area contributed by atoms with Gasteiger partial charge in [0, 0.05) is 5.38 Å². The Morgan fingerprint density at radius 3 is 2.18 bits per heavy atom. The minimum Gasteiger partial charge on any atom is -0.476 e. The molecule has 2 aromatic carbocycles. The number of hydrogen-bond acceptors (Lipinski definition) is 8. The number of hydrogen-bond donors (Lipinski definition) is 2. The van der Waals surface area contributed by atoms with Crippen molar-refractivity contribution in [3.63, 3.8) is 0 Å². The first-order chi connectivity index (χ1) is 15.8. The highest BCUT2D eigenvalue weighted by Crippen LogP contribution is 2.28. The number of carboxylic acids is 1.